The van der Waals surface area contributed by atoms with Crippen LogP contribution in [0.25, 0.3) is 0 Å². The first-order chi connectivity index (χ1) is 17.0. The van der Waals surface area contributed by atoms with E-state index < -0.39 is 39.2 Å². The number of anilines is 1. The van der Waals surface area contributed by atoms with Gasteiger partial charge in [0.1, 0.15) is 17.4 Å². The maximum absolute atomic E-state index is 13.2. The number of sulfonamides is 1. The van der Waals surface area contributed by atoms with Gasteiger partial charge in [0, 0.05) is 17.7 Å². The number of hydrogen-bond acceptors (Lipinski definition) is 5. The van der Waals surface area contributed by atoms with Gasteiger partial charge in [0.25, 0.3) is 5.91 Å². The summed E-state index contributed by atoms with van der Waals surface area (Å²) in [6.07, 6.45) is 0.194. The summed E-state index contributed by atoms with van der Waals surface area (Å²) in [4.78, 5) is 25.7. The van der Waals surface area contributed by atoms with E-state index in [-0.39, 0.29) is 16.9 Å². The third kappa shape index (κ3) is 7.21. The Balaban J connectivity index is 1.77. The van der Waals surface area contributed by atoms with Crippen molar-refractivity contribution in [2.24, 2.45) is 0 Å². The molecule has 0 aromatic heterocycles. The molecule has 0 aliphatic heterocycles. The van der Waals surface area contributed by atoms with E-state index >= 15 is 0 Å². The molecule has 186 valence electrons. The molecule has 0 fully saturated rings. The number of nitrogens with zero attached hydrogens (tertiary/aromatic N) is 1. The SMILES string of the molecule is CC(C)(C#N)NS(=O)(=O)c1ccc(NC(=O)C(Cc2ccccc2)NC(=O)c2ccc(F)cc2)cc1. The highest BCUT2D eigenvalue weighted by atomic mass is 32.2. The van der Waals surface area contributed by atoms with Gasteiger partial charge >= 0.3 is 0 Å². The smallest absolute Gasteiger partial charge is 0.251 e. The van der Waals surface area contributed by atoms with Gasteiger partial charge < -0.3 is 10.6 Å². The van der Waals surface area contributed by atoms with E-state index in [1.165, 1.54) is 50.2 Å². The fourth-order valence-electron chi connectivity index (χ4n) is 3.27. The van der Waals surface area contributed by atoms with Crippen molar-refractivity contribution in [2.45, 2.75) is 36.7 Å². The van der Waals surface area contributed by atoms with Crippen LogP contribution in [0.5, 0.6) is 0 Å². The lowest BCUT2D eigenvalue weighted by atomic mass is 10.0. The van der Waals surface area contributed by atoms with E-state index in [2.05, 4.69) is 15.4 Å². The molecule has 0 spiro atoms. The van der Waals surface area contributed by atoms with Crippen LogP contribution in [0.1, 0.15) is 29.8 Å². The van der Waals surface area contributed by atoms with Gasteiger partial charge in [-0.25, -0.2) is 12.8 Å². The van der Waals surface area contributed by atoms with Gasteiger partial charge in [0.2, 0.25) is 15.9 Å². The van der Waals surface area contributed by atoms with Gasteiger partial charge in [-0.1, -0.05) is 30.3 Å². The molecule has 0 radical (unpaired) electrons. The van der Waals surface area contributed by atoms with Crippen LogP contribution in [-0.2, 0) is 21.2 Å². The average molecular weight is 509 g/mol. The number of carbonyl (C=O) groups excluding carboxylic acids is 2. The molecule has 3 aromatic rings. The molecular formula is C26H25FN4O4S. The first kappa shape index (κ1) is 26.5. The molecule has 3 rings (SSSR count). The third-order valence-corrected chi connectivity index (χ3v) is 6.78. The van der Waals surface area contributed by atoms with Crippen LogP contribution in [0.3, 0.4) is 0 Å². The Morgan fingerprint density at radius 1 is 0.972 bits per heavy atom. The standard InChI is InChI=1S/C26H25FN4O4S/c1-26(2,17-28)31-36(34,35)22-14-12-21(13-15-22)29-25(33)23(16-18-6-4-3-5-7-18)30-24(32)19-8-10-20(27)11-9-19/h3-15,23,31H,16H2,1-2H3,(H,29,33)(H,30,32). The molecule has 36 heavy (non-hydrogen) atoms. The van der Waals surface area contributed by atoms with Crippen LogP contribution in [0.15, 0.2) is 83.8 Å². The Morgan fingerprint density at radius 2 is 1.58 bits per heavy atom. The van der Waals surface area contributed by atoms with Gasteiger partial charge in [-0.15, -0.1) is 0 Å². The summed E-state index contributed by atoms with van der Waals surface area (Å²) in [5, 5.41) is 14.4. The molecule has 1 atom stereocenters. The van der Waals surface area contributed by atoms with Crippen LogP contribution in [-0.4, -0.2) is 31.8 Å². The Bertz CT molecular complexity index is 1370. The minimum Gasteiger partial charge on any atom is -0.340 e. The topological polar surface area (TPSA) is 128 Å². The molecule has 0 aliphatic rings. The number of nitrogens with one attached hydrogen (secondary N) is 3. The zero-order chi connectivity index (χ0) is 26.3. The molecule has 3 aromatic carbocycles. The molecule has 1 unspecified atom stereocenters. The number of carbonyl (C=O) groups is 2. The van der Waals surface area contributed by atoms with Crippen LogP contribution in [0, 0.1) is 17.1 Å². The van der Waals surface area contributed by atoms with Crippen LogP contribution in [0.4, 0.5) is 10.1 Å². The van der Waals surface area contributed by atoms with Crippen molar-refractivity contribution >= 4 is 27.5 Å². The fourth-order valence-corrected chi connectivity index (χ4v) is 4.60. The summed E-state index contributed by atoms with van der Waals surface area (Å²) < 4.78 is 40.5. The number of benzene rings is 3. The molecule has 0 heterocycles. The van der Waals surface area contributed by atoms with Gasteiger partial charge in [-0.2, -0.15) is 9.98 Å². The third-order valence-electron chi connectivity index (χ3n) is 5.11. The normalized spacial score (nSPS) is 12.3. The average Bonchev–Trinajstić information content (AvgIpc) is 2.84. The second-order valence-electron chi connectivity index (χ2n) is 8.58. The summed E-state index contributed by atoms with van der Waals surface area (Å²) in [6, 6.07) is 20.4. The zero-order valence-electron chi connectivity index (χ0n) is 19.7. The maximum atomic E-state index is 13.2. The number of halogens is 1. The number of nitriles is 1. The van der Waals surface area contributed by atoms with Crippen molar-refractivity contribution in [1.29, 1.82) is 5.26 Å². The van der Waals surface area contributed by atoms with E-state index in [4.69, 9.17) is 5.26 Å². The lowest BCUT2D eigenvalue weighted by Crippen LogP contribution is -2.45. The Kier molecular flexibility index (Phi) is 8.19. The maximum Gasteiger partial charge on any atom is 0.251 e. The molecule has 0 aliphatic carbocycles. The second kappa shape index (κ2) is 11.1. The Hall–Kier alpha value is -4.07. The van der Waals surface area contributed by atoms with E-state index in [0.717, 1.165) is 17.7 Å². The van der Waals surface area contributed by atoms with Crippen molar-refractivity contribution in [3.8, 4) is 6.07 Å². The summed E-state index contributed by atoms with van der Waals surface area (Å²) in [6.45, 7) is 2.87. The van der Waals surface area contributed by atoms with E-state index in [1.54, 1.807) is 0 Å². The highest BCUT2D eigenvalue weighted by molar-refractivity contribution is 7.89. The highest BCUT2D eigenvalue weighted by Gasteiger charge is 2.26. The molecule has 8 nitrogen and oxygen atoms in total. The van der Waals surface area contributed by atoms with Gasteiger partial charge in [0.05, 0.1) is 11.0 Å². The number of amides is 2. The zero-order valence-corrected chi connectivity index (χ0v) is 20.5. The van der Waals surface area contributed by atoms with Gasteiger partial charge in [-0.3, -0.25) is 9.59 Å². The van der Waals surface area contributed by atoms with Crippen LogP contribution < -0.4 is 15.4 Å². The first-order valence-electron chi connectivity index (χ1n) is 11.0. The van der Waals surface area contributed by atoms with E-state index in [0.29, 0.717) is 5.69 Å². The predicted octanol–water partition coefficient (Wildman–Crippen LogP) is 3.39. The summed E-state index contributed by atoms with van der Waals surface area (Å²) >= 11 is 0. The molecular weight excluding hydrogens is 483 g/mol. The molecule has 0 saturated carbocycles. The van der Waals surface area contributed by atoms with Crippen LogP contribution in [0.2, 0.25) is 0 Å². The van der Waals surface area contributed by atoms with Crippen LogP contribution >= 0.6 is 0 Å². The Labute approximate surface area is 209 Å². The quantitative estimate of drug-likeness (QED) is 0.408. The second-order valence-corrected chi connectivity index (χ2v) is 10.3. The monoisotopic (exact) mass is 508 g/mol. The molecule has 0 bridgehead atoms. The molecule has 0 saturated heterocycles. The van der Waals surface area contributed by atoms with E-state index in [1.807, 2.05) is 36.4 Å². The summed E-state index contributed by atoms with van der Waals surface area (Å²) in [5.74, 6) is -1.55. The summed E-state index contributed by atoms with van der Waals surface area (Å²) in [5.41, 5.74) is 0.0286. The minimum absolute atomic E-state index is 0.0747. The number of rotatable bonds is 9. The van der Waals surface area contributed by atoms with Crippen molar-refractivity contribution in [3.63, 3.8) is 0 Å². The largest absolute Gasteiger partial charge is 0.340 e. The molecule has 2 amide bonds. The highest BCUT2D eigenvalue weighted by Crippen LogP contribution is 2.17. The predicted molar refractivity (Wildman–Crippen MR) is 133 cm³/mol. The lowest BCUT2D eigenvalue weighted by Gasteiger charge is -2.19. The molecule has 3 N–H and O–H groups in total. The molecule has 10 heteroatoms. The van der Waals surface area contributed by atoms with Crippen molar-refractivity contribution < 1.29 is 22.4 Å². The minimum atomic E-state index is -3.95. The number of hydrogen-bond donors (Lipinski definition) is 3. The van der Waals surface area contributed by atoms with Gasteiger partial charge in [-0.05, 0) is 67.9 Å². The fraction of sp³-hybridized carbons (Fsp3) is 0.192. The Morgan fingerprint density at radius 3 is 2.17 bits per heavy atom. The van der Waals surface area contributed by atoms with Gasteiger partial charge in [0.15, 0.2) is 0 Å². The van der Waals surface area contributed by atoms with Crippen molar-refractivity contribution in [2.75, 3.05) is 5.32 Å². The first-order valence-corrected chi connectivity index (χ1v) is 12.4. The lowest BCUT2D eigenvalue weighted by molar-refractivity contribution is -0.118. The summed E-state index contributed by atoms with van der Waals surface area (Å²) in [7, 11) is -3.95. The van der Waals surface area contributed by atoms with E-state index in [9.17, 15) is 22.4 Å². The van der Waals surface area contributed by atoms with Crippen molar-refractivity contribution in [3.05, 3.63) is 95.8 Å². The van der Waals surface area contributed by atoms with Crippen molar-refractivity contribution in [1.82, 2.24) is 10.0 Å².